The van der Waals surface area contributed by atoms with Crippen LogP contribution in [0.1, 0.15) is 36.0 Å². The number of carboxylic acid groups (broad SMARTS) is 1. The molecule has 1 aromatic rings. The van der Waals surface area contributed by atoms with Crippen molar-refractivity contribution in [3.05, 3.63) is 28.8 Å². The maximum Gasteiger partial charge on any atom is 0.337 e. The van der Waals surface area contributed by atoms with Crippen LogP contribution in [0.4, 0.5) is 5.69 Å². The summed E-state index contributed by atoms with van der Waals surface area (Å²) in [5, 5.41) is 9.79. The Bertz CT molecular complexity index is 531. The summed E-state index contributed by atoms with van der Waals surface area (Å²) in [7, 11) is 1.99. The standard InChI is InChI=1S/C16H20ClNO2/c1-18(9-12-7-10-2-3-11(12)6-10)15-5-4-13(17)8-14(15)16(19)20/h4-5,8,10-12H,2-3,6-7,9H2,1H3,(H,19,20). The molecule has 0 radical (unpaired) electrons. The van der Waals surface area contributed by atoms with E-state index in [-0.39, 0.29) is 0 Å². The van der Waals surface area contributed by atoms with Crippen molar-refractivity contribution in [2.24, 2.45) is 17.8 Å². The summed E-state index contributed by atoms with van der Waals surface area (Å²) in [5.41, 5.74) is 1.06. The smallest absolute Gasteiger partial charge is 0.337 e. The summed E-state index contributed by atoms with van der Waals surface area (Å²) in [5.74, 6) is 1.57. The fraction of sp³-hybridized carbons (Fsp3) is 0.562. The average Bonchev–Trinajstić information content (AvgIpc) is 3.00. The summed E-state index contributed by atoms with van der Waals surface area (Å²) in [6, 6.07) is 5.12. The van der Waals surface area contributed by atoms with Crippen molar-refractivity contribution in [1.29, 1.82) is 0 Å². The second-order valence-electron chi connectivity index (χ2n) is 6.28. The van der Waals surface area contributed by atoms with E-state index >= 15 is 0 Å². The van der Waals surface area contributed by atoms with Crippen LogP contribution in [0.2, 0.25) is 5.02 Å². The predicted octanol–water partition coefficient (Wildman–Crippen LogP) is 3.91. The molecule has 1 aromatic carbocycles. The first kappa shape index (κ1) is 13.7. The summed E-state index contributed by atoms with van der Waals surface area (Å²) in [4.78, 5) is 13.4. The first-order valence-corrected chi connectivity index (χ1v) is 7.66. The predicted molar refractivity (Wildman–Crippen MR) is 80.6 cm³/mol. The Kier molecular flexibility index (Phi) is 3.63. The molecule has 2 saturated carbocycles. The number of hydrogen-bond acceptors (Lipinski definition) is 2. The minimum Gasteiger partial charge on any atom is -0.478 e. The van der Waals surface area contributed by atoms with Crippen LogP contribution in [-0.2, 0) is 0 Å². The lowest BCUT2D eigenvalue weighted by atomic mass is 9.88. The maximum absolute atomic E-state index is 11.4. The summed E-state index contributed by atoms with van der Waals surface area (Å²) < 4.78 is 0. The summed E-state index contributed by atoms with van der Waals surface area (Å²) >= 11 is 5.91. The average molecular weight is 294 g/mol. The fourth-order valence-corrected chi connectivity index (χ4v) is 4.23. The number of fused-ring (bicyclic) bond motifs is 2. The molecule has 0 amide bonds. The van der Waals surface area contributed by atoms with E-state index in [1.165, 1.54) is 31.7 Å². The summed E-state index contributed by atoms with van der Waals surface area (Å²) in [6.07, 6.45) is 5.44. The molecule has 3 rings (SSSR count). The Labute approximate surface area is 124 Å². The van der Waals surface area contributed by atoms with Crippen LogP contribution >= 0.6 is 11.6 Å². The van der Waals surface area contributed by atoms with Gasteiger partial charge >= 0.3 is 5.97 Å². The van der Waals surface area contributed by atoms with Gasteiger partial charge in [-0.25, -0.2) is 4.79 Å². The van der Waals surface area contributed by atoms with Crippen LogP contribution in [-0.4, -0.2) is 24.7 Å². The SMILES string of the molecule is CN(CC1CC2CCC1C2)c1ccc(Cl)cc1C(=O)O. The molecule has 0 saturated heterocycles. The topological polar surface area (TPSA) is 40.5 Å². The van der Waals surface area contributed by atoms with Gasteiger partial charge in [-0.15, -0.1) is 0 Å². The van der Waals surface area contributed by atoms with Gasteiger partial charge in [-0.3, -0.25) is 0 Å². The minimum absolute atomic E-state index is 0.295. The second-order valence-corrected chi connectivity index (χ2v) is 6.72. The van der Waals surface area contributed by atoms with Crippen LogP contribution in [0.15, 0.2) is 18.2 Å². The van der Waals surface area contributed by atoms with Gasteiger partial charge in [-0.05, 0) is 55.2 Å². The second kappa shape index (κ2) is 5.28. The third-order valence-electron chi connectivity index (χ3n) is 4.99. The highest BCUT2D eigenvalue weighted by molar-refractivity contribution is 6.31. The number of anilines is 1. The Morgan fingerprint density at radius 1 is 1.40 bits per heavy atom. The molecular formula is C16H20ClNO2. The van der Waals surface area contributed by atoms with Crippen molar-refractivity contribution in [3.63, 3.8) is 0 Å². The molecule has 0 heterocycles. The molecule has 3 unspecified atom stereocenters. The van der Waals surface area contributed by atoms with Gasteiger partial charge in [0.25, 0.3) is 0 Å². The van der Waals surface area contributed by atoms with Crippen LogP contribution < -0.4 is 4.90 Å². The lowest BCUT2D eigenvalue weighted by molar-refractivity contribution is 0.0697. The molecule has 0 aromatic heterocycles. The minimum atomic E-state index is -0.915. The Balaban J connectivity index is 1.77. The van der Waals surface area contributed by atoms with E-state index in [9.17, 15) is 9.90 Å². The monoisotopic (exact) mass is 293 g/mol. The van der Waals surface area contributed by atoms with E-state index in [1.54, 1.807) is 6.07 Å². The lowest BCUT2D eigenvalue weighted by Gasteiger charge is -2.29. The van der Waals surface area contributed by atoms with Gasteiger partial charge in [0.15, 0.2) is 0 Å². The van der Waals surface area contributed by atoms with Crippen molar-refractivity contribution in [2.75, 3.05) is 18.5 Å². The number of nitrogens with zero attached hydrogens (tertiary/aromatic N) is 1. The number of carboxylic acids is 1. The van der Waals surface area contributed by atoms with E-state index in [4.69, 9.17) is 11.6 Å². The van der Waals surface area contributed by atoms with Crippen molar-refractivity contribution in [2.45, 2.75) is 25.7 Å². The van der Waals surface area contributed by atoms with Crippen molar-refractivity contribution in [3.8, 4) is 0 Å². The number of benzene rings is 1. The van der Waals surface area contributed by atoms with Gasteiger partial charge in [0.05, 0.1) is 11.3 Å². The van der Waals surface area contributed by atoms with Gasteiger partial charge in [0, 0.05) is 18.6 Å². The molecule has 2 bridgehead atoms. The van der Waals surface area contributed by atoms with Crippen molar-refractivity contribution in [1.82, 2.24) is 0 Å². The number of aromatic carboxylic acids is 1. The largest absolute Gasteiger partial charge is 0.478 e. The number of carbonyl (C=O) groups is 1. The normalized spacial score (nSPS) is 27.8. The summed E-state index contributed by atoms with van der Waals surface area (Å²) in [6.45, 7) is 0.947. The fourth-order valence-electron chi connectivity index (χ4n) is 4.06. The molecule has 108 valence electrons. The molecule has 20 heavy (non-hydrogen) atoms. The first-order valence-electron chi connectivity index (χ1n) is 7.28. The highest BCUT2D eigenvalue weighted by Gasteiger charge is 2.39. The van der Waals surface area contributed by atoms with Crippen LogP contribution in [0, 0.1) is 17.8 Å². The molecule has 2 aliphatic rings. The van der Waals surface area contributed by atoms with Gasteiger partial charge in [-0.1, -0.05) is 18.0 Å². The lowest BCUT2D eigenvalue weighted by Crippen LogP contribution is -2.29. The zero-order chi connectivity index (χ0) is 14.3. The number of halogens is 1. The van der Waals surface area contributed by atoms with Gasteiger partial charge < -0.3 is 10.0 Å². The molecule has 0 spiro atoms. The van der Waals surface area contributed by atoms with E-state index in [0.29, 0.717) is 10.6 Å². The zero-order valence-electron chi connectivity index (χ0n) is 11.7. The number of hydrogen-bond donors (Lipinski definition) is 1. The van der Waals surface area contributed by atoms with E-state index < -0.39 is 5.97 Å². The molecule has 3 atom stereocenters. The molecule has 4 heteroatoms. The maximum atomic E-state index is 11.4. The number of rotatable bonds is 4. The Hall–Kier alpha value is -1.22. The van der Waals surface area contributed by atoms with Gasteiger partial charge in [-0.2, -0.15) is 0 Å². The van der Waals surface area contributed by atoms with Crippen LogP contribution in [0.25, 0.3) is 0 Å². The van der Waals surface area contributed by atoms with Crippen molar-refractivity contribution < 1.29 is 9.90 Å². The van der Waals surface area contributed by atoms with Gasteiger partial charge in [0.1, 0.15) is 0 Å². The Morgan fingerprint density at radius 3 is 2.80 bits per heavy atom. The zero-order valence-corrected chi connectivity index (χ0v) is 12.4. The molecular weight excluding hydrogens is 274 g/mol. The molecule has 2 aliphatic carbocycles. The molecule has 2 fully saturated rings. The van der Waals surface area contributed by atoms with Crippen molar-refractivity contribution >= 4 is 23.3 Å². The van der Waals surface area contributed by atoms with E-state index in [1.807, 2.05) is 13.1 Å². The van der Waals surface area contributed by atoms with E-state index in [0.717, 1.165) is 30.0 Å². The third-order valence-corrected chi connectivity index (χ3v) is 5.23. The molecule has 0 aliphatic heterocycles. The first-order chi connectivity index (χ1) is 9.54. The van der Waals surface area contributed by atoms with E-state index in [2.05, 4.69) is 4.90 Å². The highest BCUT2D eigenvalue weighted by atomic mass is 35.5. The quantitative estimate of drug-likeness (QED) is 0.915. The molecule has 1 N–H and O–H groups in total. The third kappa shape index (κ3) is 2.51. The highest BCUT2D eigenvalue weighted by Crippen LogP contribution is 2.48. The Morgan fingerprint density at radius 2 is 2.20 bits per heavy atom. The van der Waals surface area contributed by atoms with Crippen LogP contribution in [0.5, 0.6) is 0 Å². The van der Waals surface area contributed by atoms with Crippen LogP contribution in [0.3, 0.4) is 0 Å². The van der Waals surface area contributed by atoms with Gasteiger partial charge in [0.2, 0.25) is 0 Å². The molecule has 3 nitrogen and oxygen atoms in total.